The molecular formula is C19H32N10O6. The number of nitrogens with two attached hydrogens (primary N) is 4. The molecule has 0 saturated carbocycles. The molecule has 0 aliphatic carbocycles. The van der Waals surface area contributed by atoms with Crippen molar-refractivity contribution in [3.8, 4) is 0 Å². The maximum Gasteiger partial charge on any atom is 0.326 e. The van der Waals surface area contributed by atoms with Crippen molar-refractivity contribution in [2.24, 2.45) is 27.9 Å². The SMILES string of the molecule is NCC(=O)NC(CCC(N)=O)C(=O)NC(Cc1cnc[nH]1)C(=O)NC(CCCN=C(N)N)C(=O)O. The number of primary amides is 1. The molecule has 194 valence electrons. The summed E-state index contributed by atoms with van der Waals surface area (Å²) in [5, 5.41) is 16.7. The molecule has 0 aliphatic rings. The van der Waals surface area contributed by atoms with E-state index < -0.39 is 54.3 Å². The van der Waals surface area contributed by atoms with E-state index in [4.69, 9.17) is 22.9 Å². The minimum atomic E-state index is -1.29. The molecule has 1 aromatic rings. The van der Waals surface area contributed by atoms with Crippen molar-refractivity contribution < 1.29 is 29.1 Å². The molecule has 35 heavy (non-hydrogen) atoms. The maximum absolute atomic E-state index is 13.0. The van der Waals surface area contributed by atoms with Crippen LogP contribution in [0.2, 0.25) is 0 Å². The maximum atomic E-state index is 13.0. The number of aliphatic imine (C=N–C) groups is 1. The minimum absolute atomic E-state index is 0.0242. The molecule has 1 rings (SSSR count). The number of aromatic amines is 1. The lowest BCUT2D eigenvalue weighted by molar-refractivity contribution is -0.142. The summed E-state index contributed by atoms with van der Waals surface area (Å²) in [5.41, 5.74) is 21.4. The van der Waals surface area contributed by atoms with E-state index in [0.29, 0.717) is 5.69 Å². The van der Waals surface area contributed by atoms with Gasteiger partial charge in [-0.15, -0.1) is 0 Å². The first-order chi connectivity index (χ1) is 16.5. The van der Waals surface area contributed by atoms with Gasteiger partial charge >= 0.3 is 5.97 Å². The Hall–Kier alpha value is -4.21. The van der Waals surface area contributed by atoms with Gasteiger partial charge in [0.15, 0.2) is 5.96 Å². The second kappa shape index (κ2) is 14.8. The molecule has 3 unspecified atom stereocenters. The van der Waals surface area contributed by atoms with E-state index in [0.717, 1.165) is 0 Å². The highest BCUT2D eigenvalue weighted by Gasteiger charge is 2.30. The number of carbonyl (C=O) groups excluding carboxylic acids is 4. The van der Waals surface area contributed by atoms with Gasteiger partial charge in [0.05, 0.1) is 12.9 Å². The largest absolute Gasteiger partial charge is 0.480 e. The quantitative estimate of drug-likeness (QED) is 0.0603. The smallest absolute Gasteiger partial charge is 0.326 e. The number of hydrogen-bond donors (Lipinski definition) is 9. The molecule has 3 atom stereocenters. The van der Waals surface area contributed by atoms with Crippen LogP contribution < -0.4 is 38.9 Å². The lowest BCUT2D eigenvalue weighted by Crippen LogP contribution is -2.57. The molecule has 0 aromatic carbocycles. The fourth-order valence-corrected chi connectivity index (χ4v) is 2.94. The van der Waals surface area contributed by atoms with Gasteiger partial charge < -0.3 is 49.0 Å². The number of amides is 4. The first-order valence-corrected chi connectivity index (χ1v) is 10.7. The van der Waals surface area contributed by atoms with Crippen molar-refractivity contribution in [1.82, 2.24) is 25.9 Å². The second-order valence-electron chi connectivity index (χ2n) is 7.52. The van der Waals surface area contributed by atoms with E-state index in [9.17, 15) is 29.1 Å². The lowest BCUT2D eigenvalue weighted by Gasteiger charge is -2.24. The fourth-order valence-electron chi connectivity index (χ4n) is 2.94. The highest BCUT2D eigenvalue weighted by atomic mass is 16.4. The van der Waals surface area contributed by atoms with Gasteiger partial charge in [0.1, 0.15) is 18.1 Å². The number of nitrogens with zero attached hydrogens (tertiary/aromatic N) is 2. The summed E-state index contributed by atoms with van der Waals surface area (Å²) in [5.74, 6) is -4.36. The van der Waals surface area contributed by atoms with Crippen LogP contribution in [0.5, 0.6) is 0 Å². The van der Waals surface area contributed by atoms with Crippen LogP contribution >= 0.6 is 0 Å². The monoisotopic (exact) mass is 496 g/mol. The third-order valence-electron chi connectivity index (χ3n) is 4.69. The number of aromatic nitrogens is 2. The Bertz CT molecular complexity index is 900. The van der Waals surface area contributed by atoms with Crippen LogP contribution in [0.1, 0.15) is 31.4 Å². The van der Waals surface area contributed by atoms with Crippen molar-refractivity contribution in [2.45, 2.75) is 50.2 Å². The number of H-pyrrole nitrogens is 1. The molecule has 1 aromatic heterocycles. The molecule has 0 radical (unpaired) electrons. The first kappa shape index (κ1) is 28.8. The van der Waals surface area contributed by atoms with Gasteiger partial charge in [0.2, 0.25) is 23.6 Å². The Morgan fingerprint density at radius 2 is 1.66 bits per heavy atom. The zero-order chi connectivity index (χ0) is 26.4. The Kier molecular flexibility index (Phi) is 12.2. The first-order valence-electron chi connectivity index (χ1n) is 10.7. The third-order valence-corrected chi connectivity index (χ3v) is 4.69. The molecule has 13 N–H and O–H groups in total. The number of carboxylic acids is 1. The summed E-state index contributed by atoms with van der Waals surface area (Å²) in [6, 6.07) is -3.72. The summed E-state index contributed by atoms with van der Waals surface area (Å²) in [6.07, 6.45) is 2.68. The molecule has 1 heterocycles. The van der Waals surface area contributed by atoms with E-state index in [2.05, 4.69) is 30.9 Å². The van der Waals surface area contributed by atoms with E-state index in [1.807, 2.05) is 0 Å². The standard InChI is InChI=1S/C19H32N10O6/c20-7-15(31)27-11(3-4-14(21)30)16(32)29-13(6-10-8-24-9-26-10)17(33)28-12(18(34)35)2-1-5-25-19(22)23/h8-9,11-13H,1-7,20H2,(H2,21,30)(H,24,26)(H,27,31)(H,28,33)(H,29,32)(H,34,35)(H4,22,23,25). The minimum Gasteiger partial charge on any atom is -0.480 e. The summed E-state index contributed by atoms with van der Waals surface area (Å²) in [4.78, 5) is 70.7. The van der Waals surface area contributed by atoms with Crippen LogP contribution in [0.15, 0.2) is 17.5 Å². The molecule has 0 spiro atoms. The van der Waals surface area contributed by atoms with Crippen molar-refractivity contribution >= 4 is 35.6 Å². The number of imidazole rings is 1. The number of rotatable bonds is 16. The fraction of sp³-hybridized carbons (Fsp3) is 0.526. The highest BCUT2D eigenvalue weighted by Crippen LogP contribution is 2.05. The van der Waals surface area contributed by atoms with E-state index in [1.54, 1.807) is 0 Å². The zero-order valence-corrected chi connectivity index (χ0v) is 19.0. The normalized spacial score (nSPS) is 13.1. The van der Waals surface area contributed by atoms with Gasteiger partial charge in [-0.3, -0.25) is 24.2 Å². The molecule has 0 fully saturated rings. The van der Waals surface area contributed by atoms with Crippen molar-refractivity contribution in [2.75, 3.05) is 13.1 Å². The number of nitrogens with one attached hydrogen (secondary N) is 4. The Morgan fingerprint density at radius 1 is 1.00 bits per heavy atom. The summed E-state index contributed by atoms with van der Waals surface area (Å²) < 4.78 is 0. The molecule has 16 nitrogen and oxygen atoms in total. The lowest BCUT2D eigenvalue weighted by atomic mass is 10.1. The topological polar surface area (TPSA) is 287 Å². The van der Waals surface area contributed by atoms with Crippen LogP contribution in [0, 0.1) is 0 Å². The van der Waals surface area contributed by atoms with Crippen molar-refractivity contribution in [3.63, 3.8) is 0 Å². The highest BCUT2D eigenvalue weighted by molar-refractivity contribution is 5.94. The molecule has 0 aliphatic heterocycles. The third kappa shape index (κ3) is 11.5. The molecule has 16 heteroatoms. The number of guanidine groups is 1. The van der Waals surface area contributed by atoms with Crippen LogP contribution in [-0.4, -0.2) is 81.8 Å². The van der Waals surface area contributed by atoms with Gasteiger partial charge in [-0.25, -0.2) is 9.78 Å². The summed E-state index contributed by atoms with van der Waals surface area (Å²) in [6.45, 7) is -0.239. The summed E-state index contributed by atoms with van der Waals surface area (Å²) in [7, 11) is 0. The molecular weight excluding hydrogens is 464 g/mol. The number of carbonyl (C=O) groups is 5. The van der Waals surface area contributed by atoms with Crippen molar-refractivity contribution in [1.29, 1.82) is 0 Å². The second-order valence-corrected chi connectivity index (χ2v) is 7.52. The Balaban J connectivity index is 2.98. The van der Waals surface area contributed by atoms with Crippen LogP contribution in [0.4, 0.5) is 0 Å². The van der Waals surface area contributed by atoms with Crippen LogP contribution in [0.3, 0.4) is 0 Å². The molecule has 0 saturated heterocycles. The average Bonchev–Trinajstić information content (AvgIpc) is 3.30. The predicted octanol–water partition coefficient (Wildman–Crippen LogP) is -4.23. The van der Waals surface area contributed by atoms with E-state index in [-0.39, 0.29) is 44.6 Å². The van der Waals surface area contributed by atoms with E-state index >= 15 is 0 Å². The molecule has 0 bridgehead atoms. The van der Waals surface area contributed by atoms with Gasteiger partial charge in [0.25, 0.3) is 0 Å². The number of carboxylic acid groups (broad SMARTS) is 1. The average molecular weight is 497 g/mol. The number of aliphatic carboxylic acids is 1. The Labute approximate surface area is 200 Å². The van der Waals surface area contributed by atoms with Crippen LogP contribution in [0.25, 0.3) is 0 Å². The predicted molar refractivity (Wildman–Crippen MR) is 123 cm³/mol. The van der Waals surface area contributed by atoms with Crippen molar-refractivity contribution in [3.05, 3.63) is 18.2 Å². The van der Waals surface area contributed by atoms with Crippen LogP contribution in [-0.2, 0) is 30.4 Å². The van der Waals surface area contributed by atoms with Gasteiger partial charge in [-0.2, -0.15) is 0 Å². The molecule has 4 amide bonds. The summed E-state index contributed by atoms with van der Waals surface area (Å²) >= 11 is 0. The van der Waals surface area contributed by atoms with E-state index in [1.165, 1.54) is 12.5 Å². The number of hydrogen-bond acceptors (Lipinski definition) is 8. The van der Waals surface area contributed by atoms with Gasteiger partial charge in [-0.1, -0.05) is 0 Å². The van der Waals surface area contributed by atoms with Gasteiger partial charge in [-0.05, 0) is 19.3 Å². The van der Waals surface area contributed by atoms with Gasteiger partial charge in [0, 0.05) is 31.3 Å². The Morgan fingerprint density at radius 3 is 2.20 bits per heavy atom. The zero-order valence-electron chi connectivity index (χ0n) is 19.0.